The molecule has 16 nitrogen and oxygen atoms in total. The average Bonchev–Trinajstić information content (AvgIpc) is 4.02. The first kappa shape index (κ1) is 39.6. The van der Waals surface area contributed by atoms with E-state index in [4.69, 9.17) is 10.5 Å². The maximum absolute atomic E-state index is 13.5. The topological polar surface area (TPSA) is 191 Å². The quantitative estimate of drug-likeness (QED) is 0.0667. The monoisotopic (exact) mass is 810 g/mol. The standard InChI is InChI=1S/C44H46N10O6/c1-25-13-31-20-46-33-19-38(26(2)14-32(33)43(58)54(31)21-25)60-12-6-7-40(56)48-39-24-52(5)41(49-39)37(55)16-27-15-35(50(3)22-27)42(57)47-30-18-36(51(4)23-30)44(59)53-11-10-28-17-29(45)8-9-34(28)53/h8-9,14-15,17-20,22-24,31H,1,6-7,10-13,16,21,45H2,2-5H3,(H,47,57)(H,48,56)/t31-/m0/s1. The Morgan fingerprint density at radius 3 is 2.58 bits per heavy atom. The maximum Gasteiger partial charge on any atom is 0.274 e. The first-order valence-electron chi connectivity index (χ1n) is 19.7. The molecule has 1 saturated heterocycles. The molecule has 0 bridgehead atoms. The number of rotatable bonds is 12. The van der Waals surface area contributed by atoms with Crippen LogP contribution < -0.4 is 26.0 Å². The highest BCUT2D eigenvalue weighted by atomic mass is 16.5. The van der Waals surface area contributed by atoms with Crippen LogP contribution in [0.25, 0.3) is 0 Å². The number of nitrogens with one attached hydrogen (secondary N) is 2. The lowest BCUT2D eigenvalue weighted by Gasteiger charge is -2.20. The van der Waals surface area contributed by atoms with Crippen molar-refractivity contribution in [3.8, 4) is 5.75 Å². The number of nitrogens with two attached hydrogens (primary N) is 1. The summed E-state index contributed by atoms with van der Waals surface area (Å²) in [4.78, 5) is 78.8. The van der Waals surface area contributed by atoms with Crippen molar-refractivity contribution in [2.75, 3.05) is 41.0 Å². The van der Waals surface area contributed by atoms with Crippen LogP contribution in [0.3, 0.4) is 0 Å². The molecule has 3 aliphatic rings. The van der Waals surface area contributed by atoms with Crippen LogP contribution in [0, 0.1) is 6.92 Å². The van der Waals surface area contributed by atoms with Gasteiger partial charge in [0.05, 0.1) is 29.6 Å². The molecule has 16 heteroatoms. The molecule has 3 aromatic heterocycles. The number of Topliss-reactive ketones (excluding diaryl/α,β-unsaturated/α-hetero) is 1. The third-order valence-corrected chi connectivity index (χ3v) is 11.0. The third kappa shape index (κ3) is 7.83. The van der Waals surface area contributed by atoms with Crippen molar-refractivity contribution in [3.05, 3.63) is 113 Å². The van der Waals surface area contributed by atoms with Crippen molar-refractivity contribution in [2.45, 2.75) is 45.1 Å². The largest absolute Gasteiger partial charge is 0.493 e. The van der Waals surface area contributed by atoms with Gasteiger partial charge in [0, 0.05) is 89.3 Å². The van der Waals surface area contributed by atoms with Gasteiger partial charge in [0.2, 0.25) is 11.7 Å². The Morgan fingerprint density at radius 2 is 1.77 bits per heavy atom. The van der Waals surface area contributed by atoms with Crippen molar-refractivity contribution in [1.82, 2.24) is 23.6 Å². The molecule has 60 heavy (non-hydrogen) atoms. The molecule has 3 aliphatic heterocycles. The molecule has 0 aliphatic carbocycles. The molecule has 4 amide bonds. The number of imidazole rings is 1. The summed E-state index contributed by atoms with van der Waals surface area (Å²) in [5.74, 6) is -0.243. The lowest BCUT2D eigenvalue weighted by atomic mass is 10.1. The third-order valence-electron chi connectivity index (χ3n) is 11.0. The van der Waals surface area contributed by atoms with E-state index in [0.717, 1.165) is 22.4 Å². The molecular formula is C44H46N10O6. The smallest absolute Gasteiger partial charge is 0.274 e. The number of carbonyl (C=O) groups excluding carboxylic acids is 5. The number of nitrogens with zero attached hydrogens (tertiary/aromatic N) is 7. The van der Waals surface area contributed by atoms with Gasteiger partial charge in [0.1, 0.15) is 17.1 Å². The number of aliphatic imine (C=N–C) groups is 1. The van der Waals surface area contributed by atoms with Crippen LogP contribution in [0.4, 0.5) is 28.6 Å². The number of benzene rings is 2. The predicted octanol–water partition coefficient (Wildman–Crippen LogP) is 5.15. The van der Waals surface area contributed by atoms with Gasteiger partial charge < -0.3 is 44.6 Å². The van der Waals surface area contributed by atoms with Gasteiger partial charge in [-0.05, 0) is 79.3 Å². The number of aromatic nitrogens is 4. The molecule has 6 heterocycles. The highest BCUT2D eigenvalue weighted by Gasteiger charge is 2.34. The molecule has 2 aromatic carbocycles. The number of hydrogen-bond donors (Lipinski definition) is 3. The molecule has 308 valence electrons. The van der Waals surface area contributed by atoms with E-state index in [1.165, 1.54) is 0 Å². The minimum Gasteiger partial charge on any atom is -0.493 e. The van der Waals surface area contributed by atoms with Crippen LogP contribution in [0.5, 0.6) is 5.75 Å². The van der Waals surface area contributed by atoms with E-state index in [9.17, 15) is 24.0 Å². The van der Waals surface area contributed by atoms with Gasteiger partial charge in [-0.15, -0.1) is 0 Å². The van der Waals surface area contributed by atoms with Gasteiger partial charge in [0.15, 0.2) is 11.6 Å². The number of amides is 4. The summed E-state index contributed by atoms with van der Waals surface area (Å²) in [6.45, 7) is 7.23. The summed E-state index contributed by atoms with van der Waals surface area (Å²) in [6.07, 6.45) is 8.72. The minimum atomic E-state index is -0.401. The van der Waals surface area contributed by atoms with E-state index < -0.39 is 5.91 Å². The number of ether oxygens (including phenoxy) is 1. The SMILES string of the molecule is C=C1C[C@H]2C=Nc3cc(OCCCC(=O)Nc4cn(C)c(C(=O)Cc5cc(C(=O)Nc6cc(C(=O)N7CCc8cc(N)ccc87)n(C)c6)n(C)c5)n4)c(C)cc3C(=O)N2C1. The van der Waals surface area contributed by atoms with Gasteiger partial charge in [0.25, 0.3) is 17.7 Å². The van der Waals surface area contributed by atoms with Gasteiger partial charge in [-0.2, -0.15) is 0 Å². The molecule has 1 fully saturated rings. The summed E-state index contributed by atoms with van der Waals surface area (Å²) in [5.41, 5.74) is 13.1. The summed E-state index contributed by atoms with van der Waals surface area (Å²) < 4.78 is 10.9. The van der Waals surface area contributed by atoms with Crippen molar-refractivity contribution in [1.29, 1.82) is 0 Å². The zero-order chi connectivity index (χ0) is 42.4. The van der Waals surface area contributed by atoms with Crippen LogP contribution in [0.2, 0.25) is 0 Å². The van der Waals surface area contributed by atoms with E-state index >= 15 is 0 Å². The predicted molar refractivity (Wildman–Crippen MR) is 228 cm³/mol. The molecule has 0 saturated carbocycles. The summed E-state index contributed by atoms with van der Waals surface area (Å²) in [6, 6.07) is 12.3. The van der Waals surface area contributed by atoms with Crippen molar-refractivity contribution in [2.24, 2.45) is 26.1 Å². The second-order valence-electron chi connectivity index (χ2n) is 15.6. The molecule has 0 unspecified atom stereocenters. The highest BCUT2D eigenvalue weighted by Crippen LogP contribution is 2.35. The molecular weight excluding hydrogens is 765 g/mol. The number of anilines is 4. The number of ketones is 1. The molecule has 4 N–H and O–H groups in total. The number of aryl methyl sites for hydroxylation is 4. The number of nitrogen functional groups attached to an aromatic ring is 1. The van der Waals surface area contributed by atoms with Crippen LogP contribution >= 0.6 is 0 Å². The fourth-order valence-electron chi connectivity index (χ4n) is 8.05. The van der Waals surface area contributed by atoms with Crippen LogP contribution in [0.1, 0.15) is 77.9 Å². The van der Waals surface area contributed by atoms with Crippen molar-refractivity contribution in [3.63, 3.8) is 0 Å². The van der Waals surface area contributed by atoms with Gasteiger partial charge in [-0.3, -0.25) is 29.0 Å². The number of fused-ring (bicyclic) bond motifs is 3. The lowest BCUT2D eigenvalue weighted by molar-refractivity contribution is -0.116. The molecule has 0 radical (unpaired) electrons. The molecule has 1 atom stereocenters. The molecule has 0 spiro atoms. The fourth-order valence-corrected chi connectivity index (χ4v) is 8.05. The van der Waals surface area contributed by atoms with E-state index in [0.29, 0.717) is 77.7 Å². The van der Waals surface area contributed by atoms with E-state index in [2.05, 4.69) is 27.2 Å². The van der Waals surface area contributed by atoms with Crippen molar-refractivity contribution < 1.29 is 28.7 Å². The Bertz CT molecular complexity index is 2650. The molecule has 8 rings (SSSR count). The summed E-state index contributed by atoms with van der Waals surface area (Å²) >= 11 is 0. The zero-order valence-electron chi connectivity index (χ0n) is 33.9. The molecule has 5 aromatic rings. The number of carbonyl (C=O) groups is 5. The second-order valence-corrected chi connectivity index (χ2v) is 15.6. The maximum atomic E-state index is 13.5. The summed E-state index contributed by atoms with van der Waals surface area (Å²) in [7, 11) is 5.14. The van der Waals surface area contributed by atoms with Crippen LogP contribution in [-0.2, 0) is 38.8 Å². The highest BCUT2D eigenvalue weighted by molar-refractivity contribution is 6.09. The van der Waals surface area contributed by atoms with E-state index in [1.54, 1.807) is 99.8 Å². The van der Waals surface area contributed by atoms with Crippen LogP contribution in [-0.4, -0.2) is 84.9 Å². The lowest BCUT2D eigenvalue weighted by Crippen LogP contribution is -2.35. The Morgan fingerprint density at radius 1 is 0.967 bits per heavy atom. The Balaban J connectivity index is 0.824. The van der Waals surface area contributed by atoms with Gasteiger partial charge >= 0.3 is 0 Å². The summed E-state index contributed by atoms with van der Waals surface area (Å²) in [5, 5.41) is 5.63. The van der Waals surface area contributed by atoms with E-state index in [-0.39, 0.29) is 60.6 Å². The second kappa shape index (κ2) is 15.8. The van der Waals surface area contributed by atoms with Crippen LogP contribution in [0.15, 0.2) is 78.2 Å². The average molecular weight is 811 g/mol. The van der Waals surface area contributed by atoms with Crippen molar-refractivity contribution >= 4 is 64.2 Å². The Kier molecular flexibility index (Phi) is 10.5. The first-order valence-corrected chi connectivity index (χ1v) is 19.7. The Hall–Kier alpha value is -7.23. The minimum absolute atomic E-state index is 0.0280. The fraction of sp³-hybridized carbons (Fsp3) is 0.295. The normalized spacial score (nSPS) is 15.4. The first-order chi connectivity index (χ1) is 28.7. The van der Waals surface area contributed by atoms with Gasteiger partial charge in [-0.1, -0.05) is 12.2 Å². The van der Waals surface area contributed by atoms with Gasteiger partial charge in [-0.25, -0.2) is 4.98 Å². The van der Waals surface area contributed by atoms with E-state index in [1.807, 2.05) is 19.1 Å². The zero-order valence-corrected chi connectivity index (χ0v) is 33.9. The number of hydrogen-bond acceptors (Lipinski definition) is 9. The Labute approximate surface area is 346 Å².